The third kappa shape index (κ3) is 2.79. The van der Waals surface area contributed by atoms with Crippen LogP contribution in [0.5, 0.6) is 0 Å². The van der Waals surface area contributed by atoms with Crippen LogP contribution in [-0.2, 0) is 17.9 Å². The summed E-state index contributed by atoms with van der Waals surface area (Å²) in [5.41, 5.74) is 2.57. The van der Waals surface area contributed by atoms with Gasteiger partial charge in [0.15, 0.2) is 5.82 Å². The summed E-state index contributed by atoms with van der Waals surface area (Å²) in [6.07, 6.45) is 4.63. The molecule has 0 N–H and O–H groups in total. The number of aromatic nitrogens is 3. The Morgan fingerprint density at radius 3 is 2.58 bits per heavy atom. The van der Waals surface area contributed by atoms with E-state index >= 15 is 0 Å². The predicted octanol–water partition coefficient (Wildman–Crippen LogP) is 2.85. The molecule has 2 aromatic rings. The third-order valence-corrected chi connectivity index (χ3v) is 8.20. The smallest absolute Gasteiger partial charge is 0.231 e. The van der Waals surface area contributed by atoms with E-state index in [1.54, 1.807) is 0 Å². The van der Waals surface area contributed by atoms with Gasteiger partial charge in [-0.3, -0.25) is 14.3 Å². The first-order valence-corrected chi connectivity index (χ1v) is 11.8. The normalized spacial score (nSPS) is 25.4. The Bertz CT molecular complexity index is 1090. The van der Waals surface area contributed by atoms with Gasteiger partial charge in [0.1, 0.15) is 0 Å². The molecule has 7 rings (SSSR count). The molecule has 162 valence electrons. The van der Waals surface area contributed by atoms with Gasteiger partial charge in [-0.05, 0) is 49.4 Å². The largest absolute Gasteiger partial charge is 0.341 e. The van der Waals surface area contributed by atoms with Crippen molar-refractivity contribution in [3.05, 3.63) is 34.6 Å². The molecule has 0 unspecified atom stereocenters. The molecule has 2 saturated heterocycles. The monoisotopic (exact) mass is 438 g/mol. The number of halogens is 1. The van der Waals surface area contributed by atoms with Gasteiger partial charge in [0.2, 0.25) is 11.9 Å². The molecule has 8 heteroatoms. The quantitative estimate of drug-likeness (QED) is 0.737. The Balaban J connectivity index is 1.14. The van der Waals surface area contributed by atoms with Crippen LogP contribution in [0, 0.1) is 10.8 Å². The van der Waals surface area contributed by atoms with Gasteiger partial charge in [0, 0.05) is 54.6 Å². The van der Waals surface area contributed by atoms with Crippen LogP contribution in [0.3, 0.4) is 0 Å². The van der Waals surface area contributed by atoms with Crippen molar-refractivity contribution in [2.45, 2.75) is 51.7 Å². The number of hydrogen-bond donors (Lipinski definition) is 0. The first kappa shape index (κ1) is 18.5. The molecule has 1 spiro atoms. The number of amides is 1. The molecule has 1 amide bonds. The second kappa shape index (κ2) is 6.01. The van der Waals surface area contributed by atoms with Crippen molar-refractivity contribution < 1.29 is 4.79 Å². The summed E-state index contributed by atoms with van der Waals surface area (Å²) in [5, 5.41) is 10.0. The first-order chi connectivity index (χ1) is 14.9. The van der Waals surface area contributed by atoms with Gasteiger partial charge in [-0.2, -0.15) is 0 Å². The van der Waals surface area contributed by atoms with E-state index in [2.05, 4.69) is 48.5 Å². The molecule has 7 nitrogen and oxygen atoms in total. The zero-order valence-corrected chi connectivity index (χ0v) is 18.6. The minimum Gasteiger partial charge on any atom is -0.341 e. The Labute approximate surface area is 187 Å². The highest BCUT2D eigenvalue weighted by Gasteiger charge is 2.58. The third-order valence-electron chi connectivity index (χ3n) is 7.97. The molecule has 1 aromatic carbocycles. The van der Waals surface area contributed by atoms with Crippen LogP contribution in [0.4, 0.5) is 5.95 Å². The summed E-state index contributed by atoms with van der Waals surface area (Å²) in [7, 11) is 0. The fraction of sp³-hybridized carbons (Fsp3) is 0.609. The number of hydrogen-bond acceptors (Lipinski definition) is 5. The maximum Gasteiger partial charge on any atom is 0.231 e. The average molecular weight is 439 g/mol. The van der Waals surface area contributed by atoms with Crippen LogP contribution in [0.2, 0.25) is 5.02 Å². The van der Waals surface area contributed by atoms with Crippen LogP contribution >= 0.6 is 11.6 Å². The Morgan fingerprint density at radius 2 is 1.87 bits per heavy atom. The Hall–Kier alpha value is -2.12. The van der Waals surface area contributed by atoms with Crippen molar-refractivity contribution in [3.8, 4) is 5.69 Å². The molecule has 1 aromatic heterocycles. The van der Waals surface area contributed by atoms with Gasteiger partial charge in [0.05, 0.1) is 12.2 Å². The van der Waals surface area contributed by atoms with E-state index in [4.69, 9.17) is 11.6 Å². The molecule has 3 aliphatic heterocycles. The second-order valence-corrected chi connectivity index (χ2v) is 11.2. The zero-order valence-electron chi connectivity index (χ0n) is 17.8. The lowest BCUT2D eigenvalue weighted by Gasteiger charge is -2.60. The van der Waals surface area contributed by atoms with Crippen molar-refractivity contribution in [2.24, 2.45) is 10.8 Å². The summed E-state index contributed by atoms with van der Waals surface area (Å²) in [6, 6.07) is 6.82. The predicted molar refractivity (Wildman–Crippen MR) is 117 cm³/mol. The summed E-state index contributed by atoms with van der Waals surface area (Å²) in [4.78, 5) is 19.5. The lowest BCUT2D eigenvalue weighted by Crippen LogP contribution is -2.73. The van der Waals surface area contributed by atoms with E-state index in [1.807, 2.05) is 6.07 Å². The molecule has 0 atom stereocenters. The minimum absolute atomic E-state index is 0.0617. The number of likely N-dealkylation sites (tertiary alicyclic amines) is 1. The second-order valence-electron chi connectivity index (χ2n) is 10.7. The van der Waals surface area contributed by atoms with Gasteiger partial charge >= 0.3 is 0 Å². The van der Waals surface area contributed by atoms with Crippen LogP contribution in [0.15, 0.2) is 18.2 Å². The minimum atomic E-state index is -0.0617. The van der Waals surface area contributed by atoms with E-state index in [1.165, 1.54) is 18.4 Å². The summed E-state index contributed by atoms with van der Waals surface area (Å²) < 4.78 is 2.24. The maximum atomic E-state index is 12.6. The first-order valence-electron chi connectivity index (χ1n) is 11.4. The molecular formula is C23H27ClN6O. The SMILES string of the molecule is CC1(C(=O)N2CC3(C2)CN(c2nnc4n2-c2ccc(Cl)cc2CN(C2CC2)C4)C3)CC1. The molecule has 0 radical (unpaired) electrons. The molecular weight excluding hydrogens is 412 g/mol. The lowest BCUT2D eigenvalue weighted by atomic mass is 9.72. The van der Waals surface area contributed by atoms with Crippen molar-refractivity contribution >= 4 is 23.5 Å². The van der Waals surface area contributed by atoms with Gasteiger partial charge in [-0.15, -0.1) is 10.2 Å². The average Bonchev–Trinajstić information content (AvgIpc) is 3.59. The summed E-state index contributed by atoms with van der Waals surface area (Å²) >= 11 is 6.35. The van der Waals surface area contributed by atoms with E-state index in [0.717, 1.165) is 74.6 Å². The van der Waals surface area contributed by atoms with Gasteiger partial charge in [-0.25, -0.2) is 0 Å². The van der Waals surface area contributed by atoms with E-state index < -0.39 is 0 Å². The van der Waals surface area contributed by atoms with Gasteiger partial charge in [-0.1, -0.05) is 18.5 Å². The van der Waals surface area contributed by atoms with Gasteiger partial charge in [0.25, 0.3) is 0 Å². The fourth-order valence-electron chi connectivity index (χ4n) is 5.71. The van der Waals surface area contributed by atoms with Crippen molar-refractivity contribution in [3.63, 3.8) is 0 Å². The summed E-state index contributed by atoms with van der Waals surface area (Å²) in [6.45, 7) is 7.50. The highest BCUT2D eigenvalue weighted by atomic mass is 35.5. The maximum absolute atomic E-state index is 12.6. The van der Waals surface area contributed by atoms with Crippen molar-refractivity contribution in [2.75, 3.05) is 31.1 Å². The molecule has 4 fully saturated rings. The number of carbonyl (C=O) groups excluding carboxylic acids is 1. The number of fused-ring (bicyclic) bond motifs is 3. The molecule has 4 heterocycles. The molecule has 5 aliphatic rings. The van der Waals surface area contributed by atoms with E-state index in [9.17, 15) is 4.79 Å². The Kier molecular flexibility index (Phi) is 3.58. The number of benzene rings is 1. The van der Waals surface area contributed by atoms with Gasteiger partial charge < -0.3 is 9.80 Å². The number of rotatable bonds is 3. The molecule has 2 saturated carbocycles. The zero-order chi connectivity index (χ0) is 21.0. The van der Waals surface area contributed by atoms with Crippen LogP contribution in [0.1, 0.15) is 44.0 Å². The summed E-state index contributed by atoms with van der Waals surface area (Å²) in [5.74, 6) is 2.30. The molecule has 2 aliphatic carbocycles. The van der Waals surface area contributed by atoms with Crippen molar-refractivity contribution in [1.82, 2.24) is 24.6 Å². The van der Waals surface area contributed by atoms with Crippen LogP contribution in [-0.4, -0.2) is 62.7 Å². The van der Waals surface area contributed by atoms with Crippen LogP contribution in [0.25, 0.3) is 5.69 Å². The van der Waals surface area contributed by atoms with E-state index in [-0.39, 0.29) is 10.8 Å². The fourth-order valence-corrected chi connectivity index (χ4v) is 5.90. The number of anilines is 1. The molecule has 31 heavy (non-hydrogen) atoms. The highest BCUT2D eigenvalue weighted by molar-refractivity contribution is 6.30. The highest BCUT2D eigenvalue weighted by Crippen LogP contribution is 2.50. The standard InChI is InChI=1S/C23H27ClN6O/c1-22(6-7-22)20(31)28-11-23(12-28)13-29(14-23)21-26-25-19-10-27(17-3-4-17)9-15-8-16(24)2-5-18(15)30(19)21/h2,5,8,17H,3-4,6-7,9-14H2,1H3. The van der Waals surface area contributed by atoms with Crippen molar-refractivity contribution in [1.29, 1.82) is 0 Å². The number of carbonyl (C=O) groups is 1. The Morgan fingerprint density at radius 1 is 1.10 bits per heavy atom. The van der Waals surface area contributed by atoms with Crippen LogP contribution < -0.4 is 4.90 Å². The lowest BCUT2D eigenvalue weighted by molar-refractivity contribution is -0.150. The molecule has 0 bridgehead atoms. The van der Waals surface area contributed by atoms with E-state index in [0.29, 0.717) is 11.9 Å². The topological polar surface area (TPSA) is 57.5 Å². The number of nitrogens with zero attached hydrogens (tertiary/aromatic N) is 6.